The molecule has 1 aromatic rings. The van der Waals surface area contributed by atoms with E-state index in [0.717, 1.165) is 24.8 Å². The number of unbranched alkanes of at least 4 members (excludes halogenated alkanes) is 1. The van der Waals surface area contributed by atoms with Crippen LogP contribution in [-0.2, 0) is 6.42 Å². The first-order valence-corrected chi connectivity index (χ1v) is 4.80. The molecule has 0 bridgehead atoms. The number of pyridine rings is 1. The molecule has 3 heteroatoms. The van der Waals surface area contributed by atoms with Crippen LogP contribution in [0.25, 0.3) is 0 Å². The fourth-order valence-electron chi connectivity index (χ4n) is 1.02. The van der Waals surface area contributed by atoms with Crippen molar-refractivity contribution in [2.24, 2.45) is 0 Å². The van der Waals surface area contributed by atoms with Crippen LogP contribution in [0.4, 0.5) is 0 Å². The molecule has 0 fully saturated rings. The van der Waals surface area contributed by atoms with Crippen LogP contribution in [-0.4, -0.2) is 4.98 Å². The maximum atomic E-state index is 5.93. The third-order valence-corrected chi connectivity index (χ3v) is 2.53. The molecular formula is C9H11Cl2N. The number of halogens is 2. The average molecular weight is 204 g/mol. The summed E-state index contributed by atoms with van der Waals surface area (Å²) in [5.74, 6) is 0. The summed E-state index contributed by atoms with van der Waals surface area (Å²) in [4.78, 5) is 3.88. The van der Waals surface area contributed by atoms with Gasteiger partial charge in [0, 0.05) is 6.20 Å². The Morgan fingerprint density at radius 2 is 2.17 bits per heavy atom. The van der Waals surface area contributed by atoms with Crippen LogP contribution < -0.4 is 0 Å². The fraction of sp³-hybridized carbons (Fsp3) is 0.444. The van der Waals surface area contributed by atoms with Gasteiger partial charge in [-0.15, -0.1) is 0 Å². The van der Waals surface area contributed by atoms with E-state index >= 15 is 0 Å². The quantitative estimate of drug-likeness (QED) is 0.683. The summed E-state index contributed by atoms with van der Waals surface area (Å²) in [6.07, 6.45) is 4.98. The van der Waals surface area contributed by atoms with Gasteiger partial charge >= 0.3 is 0 Å². The molecule has 0 N–H and O–H groups in total. The second-order valence-corrected chi connectivity index (χ2v) is 3.41. The van der Waals surface area contributed by atoms with Gasteiger partial charge in [0.25, 0.3) is 0 Å². The number of nitrogens with zero attached hydrogens (tertiary/aromatic N) is 1. The van der Waals surface area contributed by atoms with Crippen LogP contribution in [0, 0.1) is 0 Å². The van der Waals surface area contributed by atoms with E-state index in [0.29, 0.717) is 10.2 Å². The highest BCUT2D eigenvalue weighted by Crippen LogP contribution is 2.24. The average Bonchev–Trinajstić information content (AvgIpc) is 2.08. The molecule has 0 aliphatic heterocycles. The number of hydrogen-bond acceptors (Lipinski definition) is 1. The van der Waals surface area contributed by atoms with Gasteiger partial charge in [-0.3, -0.25) is 0 Å². The molecule has 1 nitrogen and oxygen atoms in total. The van der Waals surface area contributed by atoms with E-state index in [1.807, 2.05) is 6.07 Å². The van der Waals surface area contributed by atoms with E-state index in [4.69, 9.17) is 23.2 Å². The van der Waals surface area contributed by atoms with Crippen molar-refractivity contribution in [3.63, 3.8) is 0 Å². The number of aromatic nitrogens is 1. The minimum atomic E-state index is 0.408. The molecule has 0 saturated heterocycles. The maximum absolute atomic E-state index is 5.93. The highest BCUT2D eigenvalue weighted by molar-refractivity contribution is 6.41. The summed E-state index contributed by atoms with van der Waals surface area (Å²) in [6, 6.07) is 1.92. The standard InChI is InChI=1S/C9H11Cl2N/c1-2-3-4-7-5-6-12-9(11)8(7)10/h5-6H,2-4H2,1H3. The highest BCUT2D eigenvalue weighted by atomic mass is 35.5. The molecule has 0 saturated carbocycles. The lowest BCUT2D eigenvalue weighted by molar-refractivity contribution is 0.794. The Kier molecular flexibility index (Phi) is 3.83. The van der Waals surface area contributed by atoms with Crippen LogP contribution in [0.15, 0.2) is 12.3 Å². The Bertz CT molecular complexity index is 261. The molecule has 0 aromatic carbocycles. The molecule has 0 radical (unpaired) electrons. The lowest BCUT2D eigenvalue weighted by atomic mass is 10.1. The highest BCUT2D eigenvalue weighted by Gasteiger charge is 2.03. The Hall–Kier alpha value is -0.270. The van der Waals surface area contributed by atoms with Gasteiger partial charge in [-0.05, 0) is 24.5 Å². The second kappa shape index (κ2) is 4.68. The third kappa shape index (κ3) is 2.36. The minimum absolute atomic E-state index is 0.408. The molecule has 1 aromatic heterocycles. The summed E-state index contributed by atoms with van der Waals surface area (Å²) in [6.45, 7) is 2.15. The van der Waals surface area contributed by atoms with Gasteiger partial charge in [-0.25, -0.2) is 4.98 Å². The van der Waals surface area contributed by atoms with Crippen molar-refractivity contribution in [1.82, 2.24) is 4.98 Å². The minimum Gasteiger partial charge on any atom is -0.243 e. The lowest BCUT2D eigenvalue weighted by Gasteiger charge is -2.02. The molecule has 0 aliphatic carbocycles. The molecular weight excluding hydrogens is 193 g/mol. The third-order valence-electron chi connectivity index (χ3n) is 1.73. The van der Waals surface area contributed by atoms with Crippen LogP contribution in [0.5, 0.6) is 0 Å². The molecule has 0 spiro atoms. The predicted molar refractivity (Wildman–Crippen MR) is 52.9 cm³/mol. The van der Waals surface area contributed by atoms with E-state index in [-0.39, 0.29) is 0 Å². The van der Waals surface area contributed by atoms with Crippen molar-refractivity contribution in [3.05, 3.63) is 28.0 Å². The van der Waals surface area contributed by atoms with Gasteiger partial charge in [0.1, 0.15) is 5.15 Å². The van der Waals surface area contributed by atoms with Gasteiger partial charge in [0.05, 0.1) is 5.02 Å². The number of hydrogen-bond donors (Lipinski definition) is 0. The first kappa shape index (κ1) is 9.82. The maximum Gasteiger partial charge on any atom is 0.147 e. The largest absolute Gasteiger partial charge is 0.243 e. The van der Waals surface area contributed by atoms with Gasteiger partial charge in [-0.1, -0.05) is 36.5 Å². The first-order valence-electron chi connectivity index (χ1n) is 4.04. The SMILES string of the molecule is CCCCc1ccnc(Cl)c1Cl. The van der Waals surface area contributed by atoms with Gasteiger partial charge in [0.2, 0.25) is 0 Å². The van der Waals surface area contributed by atoms with E-state index in [1.165, 1.54) is 0 Å². The van der Waals surface area contributed by atoms with E-state index in [1.54, 1.807) is 6.20 Å². The summed E-state index contributed by atoms with van der Waals surface area (Å²) >= 11 is 11.7. The Balaban J connectivity index is 2.78. The Morgan fingerprint density at radius 1 is 1.42 bits per heavy atom. The first-order chi connectivity index (χ1) is 5.75. The normalized spacial score (nSPS) is 10.2. The van der Waals surface area contributed by atoms with Gasteiger partial charge < -0.3 is 0 Å². The lowest BCUT2D eigenvalue weighted by Crippen LogP contribution is -1.88. The molecule has 0 atom stereocenters. The molecule has 0 aliphatic rings. The van der Waals surface area contributed by atoms with Gasteiger partial charge in [0.15, 0.2) is 0 Å². The van der Waals surface area contributed by atoms with Crippen molar-refractivity contribution in [1.29, 1.82) is 0 Å². The molecule has 1 heterocycles. The topological polar surface area (TPSA) is 12.9 Å². The number of aryl methyl sites for hydroxylation is 1. The van der Waals surface area contributed by atoms with Crippen molar-refractivity contribution in [2.45, 2.75) is 26.2 Å². The molecule has 0 amide bonds. The van der Waals surface area contributed by atoms with Gasteiger partial charge in [-0.2, -0.15) is 0 Å². The van der Waals surface area contributed by atoms with Crippen LogP contribution in [0.2, 0.25) is 10.2 Å². The summed E-state index contributed by atoms with van der Waals surface area (Å²) in [7, 11) is 0. The summed E-state index contributed by atoms with van der Waals surface area (Å²) in [5, 5.41) is 1.01. The van der Waals surface area contributed by atoms with E-state index in [9.17, 15) is 0 Å². The van der Waals surface area contributed by atoms with Crippen molar-refractivity contribution >= 4 is 23.2 Å². The zero-order valence-corrected chi connectivity index (χ0v) is 8.49. The molecule has 12 heavy (non-hydrogen) atoms. The second-order valence-electron chi connectivity index (χ2n) is 2.68. The van der Waals surface area contributed by atoms with Crippen molar-refractivity contribution in [2.75, 3.05) is 0 Å². The summed E-state index contributed by atoms with van der Waals surface area (Å²) < 4.78 is 0. The summed E-state index contributed by atoms with van der Waals surface area (Å²) in [5.41, 5.74) is 1.10. The molecule has 66 valence electrons. The monoisotopic (exact) mass is 203 g/mol. The fourth-order valence-corrected chi connectivity index (χ4v) is 1.40. The molecule has 0 unspecified atom stereocenters. The van der Waals surface area contributed by atoms with E-state index < -0.39 is 0 Å². The van der Waals surface area contributed by atoms with E-state index in [2.05, 4.69) is 11.9 Å². The van der Waals surface area contributed by atoms with Crippen LogP contribution in [0.3, 0.4) is 0 Å². The Labute approximate surface area is 82.7 Å². The zero-order chi connectivity index (χ0) is 8.97. The van der Waals surface area contributed by atoms with Crippen LogP contribution in [0.1, 0.15) is 25.3 Å². The molecule has 1 rings (SSSR count). The predicted octanol–water partition coefficient (Wildman–Crippen LogP) is 3.73. The smallest absolute Gasteiger partial charge is 0.147 e. The van der Waals surface area contributed by atoms with Crippen LogP contribution >= 0.6 is 23.2 Å². The van der Waals surface area contributed by atoms with Crippen molar-refractivity contribution < 1.29 is 0 Å². The zero-order valence-electron chi connectivity index (χ0n) is 6.98. The number of rotatable bonds is 3. The van der Waals surface area contributed by atoms with Crippen molar-refractivity contribution in [3.8, 4) is 0 Å². The Morgan fingerprint density at radius 3 is 2.83 bits per heavy atom.